The number of nitrogens with one attached hydrogen (secondary N) is 2. The molecule has 11 heteroatoms. The predicted molar refractivity (Wildman–Crippen MR) is 114 cm³/mol. The lowest BCUT2D eigenvalue weighted by atomic mass is 10.3. The Bertz CT molecular complexity index is 1290. The van der Waals surface area contributed by atoms with E-state index >= 15 is 0 Å². The fraction of sp³-hybridized carbons (Fsp3) is 0.0526. The molecule has 0 aromatic heterocycles. The topological polar surface area (TPSA) is 122 Å². The van der Waals surface area contributed by atoms with E-state index in [-0.39, 0.29) is 26.2 Å². The van der Waals surface area contributed by atoms with Crippen LogP contribution in [0.5, 0.6) is 11.5 Å². The first-order valence-corrected chi connectivity index (χ1v) is 11.7. The van der Waals surface area contributed by atoms with Crippen molar-refractivity contribution in [2.75, 3.05) is 16.6 Å². The molecule has 158 valence electrons. The van der Waals surface area contributed by atoms with E-state index in [1.54, 1.807) is 18.2 Å². The Hall–Kier alpha value is -2.95. The Balaban J connectivity index is 1.95. The van der Waals surface area contributed by atoms with E-state index in [0.29, 0.717) is 5.75 Å². The van der Waals surface area contributed by atoms with Crippen LogP contribution < -0.4 is 14.2 Å². The Kier molecular flexibility index (Phi) is 6.11. The summed E-state index contributed by atoms with van der Waals surface area (Å²) in [5, 5.41) is 10.3. The number of phenols is 1. The van der Waals surface area contributed by atoms with Crippen molar-refractivity contribution in [3.05, 3.63) is 71.8 Å². The second-order valence-electron chi connectivity index (χ2n) is 6.05. The zero-order valence-electron chi connectivity index (χ0n) is 15.5. The van der Waals surface area contributed by atoms with Crippen LogP contribution in [0.1, 0.15) is 0 Å². The van der Waals surface area contributed by atoms with Crippen molar-refractivity contribution in [3.8, 4) is 11.5 Å². The minimum atomic E-state index is -4.12. The van der Waals surface area contributed by atoms with Crippen molar-refractivity contribution in [3.63, 3.8) is 0 Å². The van der Waals surface area contributed by atoms with Crippen LogP contribution in [0.4, 0.5) is 11.4 Å². The van der Waals surface area contributed by atoms with Gasteiger partial charge in [0.25, 0.3) is 20.0 Å². The van der Waals surface area contributed by atoms with Gasteiger partial charge in [0.1, 0.15) is 11.5 Å². The second kappa shape index (κ2) is 8.42. The molecule has 0 aliphatic rings. The molecule has 0 aliphatic carbocycles. The lowest BCUT2D eigenvalue weighted by Gasteiger charge is -2.14. The summed E-state index contributed by atoms with van der Waals surface area (Å²) < 4.78 is 60.4. The van der Waals surface area contributed by atoms with Crippen molar-refractivity contribution in [2.24, 2.45) is 0 Å². The van der Waals surface area contributed by atoms with Crippen molar-refractivity contribution in [2.45, 2.75) is 9.79 Å². The van der Waals surface area contributed by atoms with Crippen LogP contribution in [0, 0.1) is 0 Å². The normalized spacial score (nSPS) is 11.7. The lowest BCUT2D eigenvalue weighted by Crippen LogP contribution is -2.16. The van der Waals surface area contributed by atoms with Gasteiger partial charge in [0.15, 0.2) is 0 Å². The number of hydrogen-bond acceptors (Lipinski definition) is 6. The highest BCUT2D eigenvalue weighted by Gasteiger charge is 2.21. The van der Waals surface area contributed by atoms with E-state index in [4.69, 9.17) is 16.3 Å². The highest BCUT2D eigenvalue weighted by Crippen LogP contribution is 2.31. The highest BCUT2D eigenvalue weighted by atomic mass is 35.5. The molecule has 0 aliphatic heterocycles. The van der Waals surface area contributed by atoms with E-state index < -0.39 is 25.8 Å². The van der Waals surface area contributed by atoms with E-state index in [1.807, 2.05) is 0 Å². The van der Waals surface area contributed by atoms with Crippen LogP contribution in [0.3, 0.4) is 0 Å². The number of hydrogen-bond donors (Lipinski definition) is 3. The van der Waals surface area contributed by atoms with Gasteiger partial charge in [0, 0.05) is 5.02 Å². The third-order valence-corrected chi connectivity index (χ3v) is 6.94. The van der Waals surface area contributed by atoms with Gasteiger partial charge in [0.05, 0.1) is 28.3 Å². The summed E-state index contributed by atoms with van der Waals surface area (Å²) in [5.74, 6) is -0.140. The Labute approximate surface area is 179 Å². The maximum Gasteiger partial charge on any atom is 0.262 e. The molecule has 0 saturated carbocycles. The number of anilines is 2. The molecule has 8 nitrogen and oxygen atoms in total. The molecule has 0 heterocycles. The van der Waals surface area contributed by atoms with Gasteiger partial charge in [-0.25, -0.2) is 16.8 Å². The first kappa shape index (κ1) is 21.8. The summed E-state index contributed by atoms with van der Waals surface area (Å²) in [6.45, 7) is 0. The average molecular weight is 469 g/mol. The molecule has 3 aromatic carbocycles. The minimum Gasteiger partial charge on any atom is -0.506 e. The highest BCUT2D eigenvalue weighted by molar-refractivity contribution is 7.93. The van der Waals surface area contributed by atoms with Gasteiger partial charge in [-0.2, -0.15) is 0 Å². The van der Waals surface area contributed by atoms with Crippen molar-refractivity contribution in [1.29, 1.82) is 0 Å². The number of aromatic hydroxyl groups is 1. The molecule has 3 rings (SSSR count). The molecular formula is C19H17ClN2O6S2. The summed E-state index contributed by atoms with van der Waals surface area (Å²) in [5.41, 5.74) is -0.105. The third kappa shape index (κ3) is 4.78. The summed E-state index contributed by atoms with van der Waals surface area (Å²) >= 11 is 5.83. The summed E-state index contributed by atoms with van der Waals surface area (Å²) in [4.78, 5) is -0.412. The first-order valence-electron chi connectivity index (χ1n) is 8.39. The Morgan fingerprint density at radius 3 is 2.10 bits per heavy atom. The molecule has 0 spiro atoms. The second-order valence-corrected chi connectivity index (χ2v) is 9.85. The molecule has 0 unspecified atom stereocenters. The van der Waals surface area contributed by atoms with Crippen LogP contribution in [-0.2, 0) is 20.0 Å². The van der Waals surface area contributed by atoms with Gasteiger partial charge in [-0.3, -0.25) is 9.44 Å². The number of methoxy groups -OCH3 is 1. The van der Waals surface area contributed by atoms with Gasteiger partial charge >= 0.3 is 0 Å². The molecule has 30 heavy (non-hydrogen) atoms. The van der Waals surface area contributed by atoms with Crippen LogP contribution in [0.25, 0.3) is 0 Å². The maximum absolute atomic E-state index is 12.8. The fourth-order valence-corrected chi connectivity index (χ4v) is 5.00. The molecule has 0 fully saturated rings. The van der Waals surface area contributed by atoms with E-state index in [1.165, 1.54) is 37.4 Å². The van der Waals surface area contributed by atoms with Crippen molar-refractivity contribution < 1.29 is 26.7 Å². The zero-order valence-corrected chi connectivity index (χ0v) is 17.9. The minimum absolute atomic E-state index is 0.144. The predicted octanol–water partition coefficient (Wildman–Crippen LogP) is 3.66. The molecule has 3 aromatic rings. The van der Waals surface area contributed by atoms with Crippen LogP contribution >= 0.6 is 11.6 Å². The number of phenolic OH excluding ortho intramolecular Hbond substituents is 1. The van der Waals surface area contributed by atoms with E-state index in [9.17, 15) is 21.9 Å². The molecule has 0 bridgehead atoms. The van der Waals surface area contributed by atoms with Crippen molar-refractivity contribution in [1.82, 2.24) is 0 Å². The van der Waals surface area contributed by atoms with Gasteiger partial charge < -0.3 is 9.84 Å². The Morgan fingerprint density at radius 2 is 1.43 bits per heavy atom. The van der Waals surface area contributed by atoms with Gasteiger partial charge in [-0.15, -0.1) is 0 Å². The fourth-order valence-electron chi connectivity index (χ4n) is 2.53. The largest absolute Gasteiger partial charge is 0.506 e. The first-order chi connectivity index (χ1) is 14.1. The average Bonchev–Trinajstić information content (AvgIpc) is 2.69. The summed E-state index contributed by atoms with van der Waals surface area (Å²) in [6, 6.07) is 15.1. The molecule has 0 atom stereocenters. The number of rotatable bonds is 7. The smallest absolute Gasteiger partial charge is 0.262 e. The number of sulfonamides is 2. The van der Waals surface area contributed by atoms with E-state index in [0.717, 1.165) is 18.2 Å². The molecule has 0 saturated heterocycles. The summed E-state index contributed by atoms with van der Waals surface area (Å²) in [6.07, 6.45) is 0. The number of benzene rings is 3. The van der Waals surface area contributed by atoms with Gasteiger partial charge in [0.2, 0.25) is 0 Å². The summed E-state index contributed by atoms with van der Waals surface area (Å²) in [7, 11) is -6.83. The number of ether oxygens (including phenoxy) is 1. The quantitative estimate of drug-likeness (QED) is 0.455. The maximum atomic E-state index is 12.8. The third-order valence-electron chi connectivity index (χ3n) is 3.98. The molecular weight excluding hydrogens is 452 g/mol. The molecule has 3 N–H and O–H groups in total. The molecule has 0 radical (unpaired) electrons. The SMILES string of the molecule is COc1ccccc1NS(=O)(=O)c1ccc(O)c(NS(=O)(=O)c2cccc(Cl)c2)c1. The Morgan fingerprint density at radius 1 is 0.800 bits per heavy atom. The molecule has 0 amide bonds. The number of halogens is 1. The standard InChI is InChI=1S/C19H17ClN2O6S2/c1-28-19-8-3-2-7-16(19)21-30(26,27)15-9-10-18(23)17(12-15)22-29(24,25)14-6-4-5-13(20)11-14/h2-12,21-23H,1H3. The van der Waals surface area contributed by atoms with E-state index in [2.05, 4.69) is 9.44 Å². The van der Waals surface area contributed by atoms with Gasteiger partial charge in [-0.1, -0.05) is 29.8 Å². The van der Waals surface area contributed by atoms with Crippen LogP contribution in [0.2, 0.25) is 5.02 Å². The lowest BCUT2D eigenvalue weighted by molar-refractivity contribution is 0.417. The zero-order chi connectivity index (χ0) is 21.9. The van der Waals surface area contributed by atoms with Crippen LogP contribution in [-0.4, -0.2) is 29.1 Å². The van der Waals surface area contributed by atoms with Gasteiger partial charge in [-0.05, 0) is 48.5 Å². The number of para-hydroxylation sites is 2. The van der Waals surface area contributed by atoms with Crippen molar-refractivity contribution >= 4 is 43.0 Å². The van der Waals surface area contributed by atoms with Crippen LogP contribution in [0.15, 0.2) is 76.5 Å². The monoisotopic (exact) mass is 468 g/mol.